The van der Waals surface area contributed by atoms with Crippen molar-refractivity contribution in [3.05, 3.63) is 35.4 Å². The van der Waals surface area contributed by atoms with E-state index in [9.17, 15) is 9.59 Å². The zero-order valence-electron chi connectivity index (χ0n) is 15.7. The first-order valence-corrected chi connectivity index (χ1v) is 8.48. The Kier molecular flexibility index (Phi) is 7.92. The number of nitrogens with zero attached hydrogens (tertiary/aromatic N) is 1. The maximum atomic E-state index is 12.7. The lowest BCUT2D eigenvalue weighted by Crippen LogP contribution is -2.53. The van der Waals surface area contributed by atoms with Crippen molar-refractivity contribution in [2.45, 2.75) is 45.7 Å². The highest BCUT2D eigenvalue weighted by Gasteiger charge is 2.27. The fourth-order valence-corrected chi connectivity index (χ4v) is 2.61. The van der Waals surface area contributed by atoms with E-state index in [0.717, 1.165) is 12.0 Å². The second-order valence-electron chi connectivity index (χ2n) is 6.97. The summed E-state index contributed by atoms with van der Waals surface area (Å²) < 4.78 is 0. The van der Waals surface area contributed by atoms with Crippen molar-refractivity contribution >= 4 is 11.8 Å². The third kappa shape index (κ3) is 6.32. The fraction of sp³-hybridized carbons (Fsp3) is 0.579. The van der Waals surface area contributed by atoms with E-state index in [-0.39, 0.29) is 17.9 Å². The molecule has 0 aromatic heterocycles. The molecule has 5 nitrogen and oxygen atoms in total. The molecule has 0 saturated carbocycles. The van der Waals surface area contributed by atoms with Crippen LogP contribution in [0.1, 0.15) is 31.4 Å². The van der Waals surface area contributed by atoms with E-state index in [1.165, 1.54) is 5.56 Å². The lowest BCUT2D eigenvalue weighted by Gasteiger charge is -2.27. The van der Waals surface area contributed by atoms with E-state index in [1.807, 2.05) is 50.2 Å². The van der Waals surface area contributed by atoms with Crippen LogP contribution >= 0.6 is 0 Å². The summed E-state index contributed by atoms with van der Waals surface area (Å²) in [5, 5.41) is 5.57. The minimum atomic E-state index is -0.570. The molecule has 1 aromatic rings. The first-order chi connectivity index (χ1) is 11.2. The van der Waals surface area contributed by atoms with Crippen molar-refractivity contribution in [3.8, 4) is 0 Å². The number of aryl methyl sites for hydroxylation is 1. The number of nitrogens with one attached hydrogen (secondary N) is 2. The Labute approximate surface area is 145 Å². The van der Waals surface area contributed by atoms with Gasteiger partial charge in [-0.25, -0.2) is 0 Å². The summed E-state index contributed by atoms with van der Waals surface area (Å²) in [6.45, 7) is 6.20. The Morgan fingerprint density at radius 1 is 1.08 bits per heavy atom. The molecule has 0 unspecified atom stereocenters. The number of carbonyl (C=O) groups excluding carboxylic acids is 2. The smallest absolute Gasteiger partial charge is 0.242 e. The molecular weight excluding hydrogens is 302 g/mol. The fourth-order valence-electron chi connectivity index (χ4n) is 2.61. The molecule has 0 aliphatic heterocycles. The van der Waals surface area contributed by atoms with Crippen LogP contribution < -0.4 is 10.6 Å². The molecule has 0 heterocycles. The Bertz CT molecular complexity index is 538. The summed E-state index contributed by atoms with van der Waals surface area (Å²) in [6, 6.07) is 7.21. The molecule has 0 aliphatic carbocycles. The predicted octanol–water partition coefficient (Wildman–Crippen LogP) is 1.74. The number of carbonyl (C=O) groups is 2. The number of hydrogen-bond acceptors (Lipinski definition) is 3. The SMILES string of the molecule is CNC(=O)[C@H](Cc1ccc(C)cc1)NC(=O)[C@H](CC(C)C)N(C)C. The van der Waals surface area contributed by atoms with Gasteiger partial charge in [-0.2, -0.15) is 0 Å². The largest absolute Gasteiger partial charge is 0.357 e. The van der Waals surface area contributed by atoms with Crippen LogP contribution in [0.3, 0.4) is 0 Å². The van der Waals surface area contributed by atoms with Crippen molar-refractivity contribution in [1.82, 2.24) is 15.5 Å². The molecule has 5 heteroatoms. The molecule has 134 valence electrons. The quantitative estimate of drug-likeness (QED) is 0.762. The van der Waals surface area contributed by atoms with Crippen LogP contribution in [0.15, 0.2) is 24.3 Å². The van der Waals surface area contributed by atoms with E-state index >= 15 is 0 Å². The van der Waals surface area contributed by atoms with Crippen molar-refractivity contribution < 1.29 is 9.59 Å². The highest BCUT2D eigenvalue weighted by atomic mass is 16.2. The van der Waals surface area contributed by atoms with Crippen LogP contribution in [-0.2, 0) is 16.0 Å². The van der Waals surface area contributed by atoms with Gasteiger partial charge in [-0.15, -0.1) is 0 Å². The average molecular weight is 333 g/mol. The number of likely N-dealkylation sites (N-methyl/N-ethyl adjacent to an activating group) is 2. The van der Waals surface area contributed by atoms with Gasteiger partial charge in [-0.05, 0) is 38.9 Å². The maximum Gasteiger partial charge on any atom is 0.242 e. The highest BCUT2D eigenvalue weighted by molar-refractivity contribution is 5.89. The number of rotatable bonds is 8. The molecule has 2 atom stereocenters. The Morgan fingerprint density at radius 2 is 1.67 bits per heavy atom. The second kappa shape index (κ2) is 9.42. The molecule has 2 N–H and O–H groups in total. The molecule has 0 bridgehead atoms. The number of hydrogen-bond donors (Lipinski definition) is 2. The Morgan fingerprint density at radius 3 is 2.12 bits per heavy atom. The zero-order valence-corrected chi connectivity index (χ0v) is 15.7. The van der Waals surface area contributed by atoms with Crippen molar-refractivity contribution in [1.29, 1.82) is 0 Å². The van der Waals surface area contributed by atoms with Gasteiger partial charge in [0.2, 0.25) is 11.8 Å². The summed E-state index contributed by atoms with van der Waals surface area (Å²) in [5.74, 6) is 0.124. The van der Waals surface area contributed by atoms with Crippen LogP contribution in [0.25, 0.3) is 0 Å². The van der Waals surface area contributed by atoms with E-state index in [1.54, 1.807) is 7.05 Å². The normalized spacial score (nSPS) is 13.7. The van der Waals surface area contributed by atoms with Crippen LogP contribution in [0.4, 0.5) is 0 Å². The van der Waals surface area contributed by atoms with Crippen molar-refractivity contribution in [2.75, 3.05) is 21.1 Å². The van der Waals surface area contributed by atoms with Crippen LogP contribution in [0.5, 0.6) is 0 Å². The maximum absolute atomic E-state index is 12.7. The van der Waals surface area contributed by atoms with Gasteiger partial charge in [0.1, 0.15) is 6.04 Å². The Balaban J connectivity index is 2.86. The third-order valence-corrected chi connectivity index (χ3v) is 4.06. The molecule has 0 saturated heterocycles. The molecule has 24 heavy (non-hydrogen) atoms. The van der Waals surface area contributed by atoms with Gasteiger partial charge in [0.15, 0.2) is 0 Å². The monoisotopic (exact) mass is 333 g/mol. The van der Waals surface area contributed by atoms with Crippen LogP contribution in [0.2, 0.25) is 0 Å². The summed E-state index contributed by atoms with van der Waals surface area (Å²) >= 11 is 0. The topological polar surface area (TPSA) is 61.4 Å². The number of amides is 2. The van der Waals surface area contributed by atoms with E-state index in [4.69, 9.17) is 0 Å². The Hall–Kier alpha value is -1.88. The van der Waals surface area contributed by atoms with Gasteiger partial charge in [0.25, 0.3) is 0 Å². The zero-order chi connectivity index (χ0) is 18.3. The van der Waals surface area contributed by atoms with E-state index in [0.29, 0.717) is 12.3 Å². The van der Waals surface area contributed by atoms with Gasteiger partial charge in [0.05, 0.1) is 6.04 Å². The lowest BCUT2D eigenvalue weighted by atomic mass is 10.00. The third-order valence-electron chi connectivity index (χ3n) is 4.06. The minimum Gasteiger partial charge on any atom is -0.357 e. The summed E-state index contributed by atoms with van der Waals surface area (Å²) in [4.78, 5) is 26.8. The molecule has 1 rings (SSSR count). The van der Waals surface area contributed by atoms with E-state index in [2.05, 4.69) is 24.5 Å². The summed E-state index contributed by atoms with van der Waals surface area (Å²) in [7, 11) is 5.37. The second-order valence-corrected chi connectivity index (χ2v) is 6.97. The van der Waals surface area contributed by atoms with Crippen LogP contribution in [0, 0.1) is 12.8 Å². The van der Waals surface area contributed by atoms with Gasteiger partial charge in [0, 0.05) is 13.5 Å². The molecule has 2 amide bonds. The highest BCUT2D eigenvalue weighted by Crippen LogP contribution is 2.11. The molecule has 0 spiro atoms. The van der Waals surface area contributed by atoms with Crippen molar-refractivity contribution in [3.63, 3.8) is 0 Å². The van der Waals surface area contributed by atoms with Gasteiger partial charge >= 0.3 is 0 Å². The molecule has 0 radical (unpaired) electrons. The van der Waals surface area contributed by atoms with Crippen LogP contribution in [-0.4, -0.2) is 49.9 Å². The molecule has 0 fully saturated rings. The van der Waals surface area contributed by atoms with Gasteiger partial charge in [-0.3, -0.25) is 14.5 Å². The standard InChI is InChI=1S/C19H31N3O2/c1-13(2)11-17(22(5)6)19(24)21-16(18(23)20-4)12-15-9-7-14(3)8-10-15/h7-10,13,16-17H,11-12H2,1-6H3,(H,20,23)(H,21,24)/t16-,17-/m0/s1. The first-order valence-electron chi connectivity index (χ1n) is 8.48. The molecule has 1 aromatic carbocycles. The molecular formula is C19H31N3O2. The predicted molar refractivity (Wildman–Crippen MR) is 97.8 cm³/mol. The average Bonchev–Trinajstić information content (AvgIpc) is 2.52. The minimum absolute atomic E-state index is 0.102. The number of benzene rings is 1. The summed E-state index contributed by atoms with van der Waals surface area (Å²) in [5.41, 5.74) is 2.20. The van der Waals surface area contributed by atoms with Gasteiger partial charge in [-0.1, -0.05) is 43.7 Å². The van der Waals surface area contributed by atoms with Crippen molar-refractivity contribution in [2.24, 2.45) is 5.92 Å². The van der Waals surface area contributed by atoms with E-state index < -0.39 is 6.04 Å². The van der Waals surface area contributed by atoms with Gasteiger partial charge < -0.3 is 10.6 Å². The lowest BCUT2D eigenvalue weighted by molar-refractivity contribution is -0.131. The summed E-state index contributed by atoms with van der Waals surface area (Å²) in [6.07, 6.45) is 1.23. The molecule has 0 aliphatic rings. The first kappa shape index (κ1) is 20.2.